The van der Waals surface area contributed by atoms with Crippen LogP contribution in [0.25, 0.3) is 11.3 Å². The zero-order chi connectivity index (χ0) is 24.0. The Morgan fingerprint density at radius 1 is 1.00 bits per heavy atom. The molecule has 3 rings (SSSR count). The van der Waals surface area contributed by atoms with Crippen LogP contribution < -0.4 is 14.8 Å². The number of anilines is 1. The summed E-state index contributed by atoms with van der Waals surface area (Å²) in [6.45, 7) is 1.84. The van der Waals surface area contributed by atoms with Gasteiger partial charge in [0, 0.05) is 23.4 Å². The van der Waals surface area contributed by atoms with Crippen molar-refractivity contribution in [1.29, 1.82) is 0 Å². The third-order valence-corrected chi connectivity index (χ3v) is 5.50. The Kier molecular flexibility index (Phi) is 7.80. The summed E-state index contributed by atoms with van der Waals surface area (Å²) in [5.74, 6) is 1.20. The number of carbonyl (C=O) groups is 1. The van der Waals surface area contributed by atoms with E-state index in [0.717, 1.165) is 23.4 Å². The van der Waals surface area contributed by atoms with E-state index in [4.69, 9.17) is 9.47 Å². The molecule has 3 aromatic rings. The third-order valence-electron chi connectivity index (χ3n) is 4.65. The summed E-state index contributed by atoms with van der Waals surface area (Å²) in [4.78, 5) is 20.2. The van der Waals surface area contributed by atoms with Gasteiger partial charge in [-0.1, -0.05) is 11.8 Å². The van der Waals surface area contributed by atoms with E-state index in [2.05, 4.69) is 15.3 Å². The third kappa shape index (κ3) is 6.61. The van der Waals surface area contributed by atoms with E-state index in [9.17, 15) is 18.0 Å². The van der Waals surface area contributed by atoms with Crippen molar-refractivity contribution in [3.8, 4) is 22.8 Å². The topological polar surface area (TPSA) is 73.3 Å². The van der Waals surface area contributed by atoms with Crippen molar-refractivity contribution in [2.24, 2.45) is 0 Å². The van der Waals surface area contributed by atoms with E-state index in [1.165, 1.54) is 7.11 Å². The van der Waals surface area contributed by atoms with Crippen molar-refractivity contribution < 1.29 is 27.4 Å². The highest BCUT2D eigenvalue weighted by atomic mass is 32.2. The van der Waals surface area contributed by atoms with E-state index in [-0.39, 0.29) is 28.9 Å². The van der Waals surface area contributed by atoms with E-state index >= 15 is 0 Å². The van der Waals surface area contributed by atoms with Crippen LogP contribution in [0.3, 0.4) is 0 Å². The number of nitrogens with zero attached hydrogens (tertiary/aromatic N) is 2. The Labute approximate surface area is 193 Å². The second-order valence-electron chi connectivity index (χ2n) is 6.97. The summed E-state index contributed by atoms with van der Waals surface area (Å²) in [6, 6.07) is 12.7. The first-order valence-corrected chi connectivity index (χ1v) is 10.9. The summed E-state index contributed by atoms with van der Waals surface area (Å²) in [5, 5.41) is 2.74. The maximum absolute atomic E-state index is 13.4. The van der Waals surface area contributed by atoms with Crippen LogP contribution in [0.2, 0.25) is 0 Å². The van der Waals surface area contributed by atoms with Crippen LogP contribution in [0.4, 0.5) is 18.9 Å². The summed E-state index contributed by atoms with van der Waals surface area (Å²) in [6.07, 6.45) is -4.55. The van der Waals surface area contributed by atoms with Crippen LogP contribution in [0.5, 0.6) is 11.5 Å². The van der Waals surface area contributed by atoms with Crippen molar-refractivity contribution in [1.82, 2.24) is 9.97 Å². The van der Waals surface area contributed by atoms with Gasteiger partial charge >= 0.3 is 6.18 Å². The van der Waals surface area contributed by atoms with Crippen LogP contribution >= 0.6 is 11.8 Å². The highest BCUT2D eigenvalue weighted by Crippen LogP contribution is 2.32. The normalized spacial score (nSPS) is 11.2. The van der Waals surface area contributed by atoms with Crippen molar-refractivity contribution in [2.45, 2.75) is 24.7 Å². The average molecular weight is 478 g/mol. The molecule has 1 amide bonds. The van der Waals surface area contributed by atoms with Gasteiger partial charge in [0.2, 0.25) is 5.91 Å². The lowest BCUT2D eigenvalue weighted by molar-refractivity contribution is -0.141. The molecule has 0 aliphatic carbocycles. The Morgan fingerprint density at radius 3 is 2.27 bits per heavy atom. The number of benzene rings is 2. The van der Waals surface area contributed by atoms with Gasteiger partial charge in [-0.25, -0.2) is 9.97 Å². The second kappa shape index (κ2) is 10.6. The van der Waals surface area contributed by atoms with Gasteiger partial charge in [0.15, 0.2) is 5.16 Å². The molecule has 174 valence electrons. The number of alkyl halides is 3. The van der Waals surface area contributed by atoms with Gasteiger partial charge in [-0.2, -0.15) is 13.2 Å². The number of carbonyl (C=O) groups excluding carboxylic acids is 1. The SMILES string of the molecule is COc1ccc(-c2cc(C(F)(F)F)nc(SCCC(=O)Nc3ccc(OC)cc3C)n2)cc1. The lowest BCUT2D eigenvalue weighted by Crippen LogP contribution is -2.13. The molecule has 33 heavy (non-hydrogen) atoms. The minimum Gasteiger partial charge on any atom is -0.497 e. The van der Waals surface area contributed by atoms with Crippen LogP contribution in [-0.2, 0) is 11.0 Å². The van der Waals surface area contributed by atoms with Crippen molar-refractivity contribution in [3.05, 3.63) is 59.8 Å². The number of nitrogens with one attached hydrogen (secondary N) is 1. The number of hydrogen-bond acceptors (Lipinski definition) is 6. The zero-order valence-corrected chi connectivity index (χ0v) is 19.0. The van der Waals surface area contributed by atoms with E-state index in [0.29, 0.717) is 22.7 Å². The molecular weight excluding hydrogens is 455 g/mol. The zero-order valence-electron chi connectivity index (χ0n) is 18.2. The maximum Gasteiger partial charge on any atom is 0.433 e. The van der Waals surface area contributed by atoms with Gasteiger partial charge in [-0.05, 0) is 61.0 Å². The Bertz CT molecular complexity index is 1120. The molecular formula is C23H22F3N3O3S. The summed E-state index contributed by atoms with van der Waals surface area (Å²) < 4.78 is 50.3. The Morgan fingerprint density at radius 2 is 1.67 bits per heavy atom. The lowest BCUT2D eigenvalue weighted by Gasteiger charge is -2.11. The van der Waals surface area contributed by atoms with Gasteiger partial charge < -0.3 is 14.8 Å². The smallest absolute Gasteiger partial charge is 0.433 e. The molecule has 0 spiro atoms. The van der Waals surface area contributed by atoms with Crippen LogP contribution in [-0.4, -0.2) is 35.8 Å². The van der Waals surface area contributed by atoms with Crippen molar-refractivity contribution >= 4 is 23.4 Å². The van der Waals surface area contributed by atoms with Crippen molar-refractivity contribution in [2.75, 3.05) is 25.3 Å². The quantitative estimate of drug-likeness (QED) is 0.336. The molecule has 1 heterocycles. The highest BCUT2D eigenvalue weighted by molar-refractivity contribution is 7.99. The summed E-state index contributed by atoms with van der Waals surface area (Å²) in [5.41, 5.74) is 1.08. The van der Waals surface area contributed by atoms with E-state index in [1.54, 1.807) is 49.6 Å². The molecule has 0 fully saturated rings. The molecule has 0 saturated carbocycles. The first-order valence-electron chi connectivity index (χ1n) is 9.87. The minimum absolute atomic E-state index is 0.0518. The molecule has 1 N–H and O–H groups in total. The van der Waals surface area contributed by atoms with E-state index < -0.39 is 11.9 Å². The number of rotatable bonds is 8. The van der Waals surface area contributed by atoms with Crippen molar-refractivity contribution in [3.63, 3.8) is 0 Å². The van der Waals surface area contributed by atoms with Gasteiger partial charge in [0.05, 0.1) is 19.9 Å². The van der Waals surface area contributed by atoms with E-state index in [1.807, 2.05) is 6.92 Å². The molecule has 0 radical (unpaired) electrons. The fourth-order valence-corrected chi connectivity index (χ4v) is 3.69. The fourth-order valence-electron chi connectivity index (χ4n) is 2.90. The molecule has 0 saturated heterocycles. The molecule has 10 heteroatoms. The largest absolute Gasteiger partial charge is 0.497 e. The molecule has 2 aromatic carbocycles. The average Bonchev–Trinajstić information content (AvgIpc) is 2.79. The minimum atomic E-state index is -4.62. The lowest BCUT2D eigenvalue weighted by atomic mass is 10.1. The highest BCUT2D eigenvalue weighted by Gasteiger charge is 2.33. The Balaban J connectivity index is 1.70. The molecule has 0 aliphatic rings. The Hall–Kier alpha value is -3.27. The second-order valence-corrected chi connectivity index (χ2v) is 8.04. The number of halogens is 3. The monoisotopic (exact) mass is 477 g/mol. The summed E-state index contributed by atoms with van der Waals surface area (Å²) >= 11 is 0.989. The van der Waals surface area contributed by atoms with Gasteiger partial charge in [-0.3, -0.25) is 4.79 Å². The van der Waals surface area contributed by atoms with Gasteiger partial charge in [0.1, 0.15) is 17.2 Å². The number of aryl methyl sites for hydroxylation is 1. The standard InChI is InChI=1S/C23H22F3N3O3S/c1-14-12-17(32-3)8-9-18(14)27-21(30)10-11-33-22-28-19(13-20(29-22)23(24,25)26)15-4-6-16(31-2)7-5-15/h4-9,12-13H,10-11H2,1-3H3,(H,27,30). The number of ether oxygens (including phenoxy) is 2. The van der Waals surface area contributed by atoms with Crippen LogP contribution in [0, 0.1) is 6.92 Å². The fraction of sp³-hybridized carbons (Fsp3) is 0.261. The number of methoxy groups -OCH3 is 2. The van der Waals surface area contributed by atoms with Crippen LogP contribution in [0.1, 0.15) is 17.7 Å². The molecule has 6 nitrogen and oxygen atoms in total. The maximum atomic E-state index is 13.4. The van der Waals surface area contributed by atoms with Gasteiger partial charge in [0.25, 0.3) is 0 Å². The molecule has 0 bridgehead atoms. The predicted molar refractivity (Wildman–Crippen MR) is 121 cm³/mol. The van der Waals surface area contributed by atoms with Crippen LogP contribution in [0.15, 0.2) is 53.7 Å². The number of hydrogen-bond donors (Lipinski definition) is 1. The first-order chi connectivity index (χ1) is 15.7. The van der Waals surface area contributed by atoms with Gasteiger partial charge in [-0.15, -0.1) is 0 Å². The molecule has 0 unspecified atom stereocenters. The molecule has 0 atom stereocenters. The number of aromatic nitrogens is 2. The number of amides is 1. The summed E-state index contributed by atoms with van der Waals surface area (Å²) in [7, 11) is 3.06. The first kappa shape index (κ1) is 24.4. The number of thioether (sulfide) groups is 1. The molecule has 0 aliphatic heterocycles. The predicted octanol–water partition coefficient (Wildman–Crippen LogP) is 5.61. The molecule has 1 aromatic heterocycles.